The molecule has 0 radical (unpaired) electrons. The zero-order valence-corrected chi connectivity index (χ0v) is 12.6. The Morgan fingerprint density at radius 3 is 2.86 bits per heavy atom. The van der Waals surface area contributed by atoms with Crippen LogP contribution in [0.15, 0.2) is 41.4 Å². The number of rotatable bonds is 3. The van der Waals surface area contributed by atoms with E-state index in [1.54, 1.807) is 18.3 Å². The molecule has 0 bridgehead atoms. The summed E-state index contributed by atoms with van der Waals surface area (Å²) in [4.78, 5) is 8.68. The molecular weight excluding hydrogens is 302 g/mol. The quantitative estimate of drug-likeness (QED) is 0.729. The fourth-order valence-corrected chi connectivity index (χ4v) is 2.41. The van der Waals surface area contributed by atoms with Gasteiger partial charge in [-0.3, -0.25) is 4.99 Å². The molecule has 2 aromatic carbocycles. The van der Waals surface area contributed by atoms with E-state index in [1.165, 1.54) is 6.07 Å². The second kappa shape index (κ2) is 5.79. The van der Waals surface area contributed by atoms with E-state index in [2.05, 4.69) is 9.98 Å². The highest BCUT2D eigenvalue weighted by Gasteiger charge is 2.07. The summed E-state index contributed by atoms with van der Waals surface area (Å²) >= 11 is 5.90. The Hall–Kier alpha value is -2.37. The van der Waals surface area contributed by atoms with Crippen LogP contribution >= 0.6 is 11.6 Å². The van der Waals surface area contributed by atoms with Gasteiger partial charge in [0.1, 0.15) is 18.2 Å². The van der Waals surface area contributed by atoms with Crippen molar-refractivity contribution >= 4 is 34.5 Å². The van der Waals surface area contributed by atoms with Gasteiger partial charge in [-0.05, 0) is 36.4 Å². The van der Waals surface area contributed by atoms with Gasteiger partial charge in [-0.25, -0.2) is 4.98 Å². The zero-order chi connectivity index (χ0) is 15.7. The summed E-state index contributed by atoms with van der Waals surface area (Å²) in [5.74, 6) is 0.721. The Morgan fingerprint density at radius 2 is 2.09 bits per heavy atom. The molecule has 0 aliphatic carbocycles. The van der Waals surface area contributed by atoms with Crippen molar-refractivity contribution in [1.82, 2.24) is 9.55 Å². The fourth-order valence-electron chi connectivity index (χ4n) is 2.23. The minimum atomic E-state index is -0.111. The van der Waals surface area contributed by atoms with Gasteiger partial charge in [0.15, 0.2) is 0 Å². The highest BCUT2D eigenvalue weighted by Crippen LogP contribution is 2.23. The van der Waals surface area contributed by atoms with E-state index in [-0.39, 0.29) is 12.4 Å². The Balaban J connectivity index is 1.97. The molecule has 0 aliphatic heterocycles. The zero-order valence-electron chi connectivity index (χ0n) is 11.9. The maximum absolute atomic E-state index is 9.76. The van der Waals surface area contributed by atoms with E-state index in [9.17, 15) is 10.2 Å². The van der Waals surface area contributed by atoms with Crippen molar-refractivity contribution in [2.24, 2.45) is 12.0 Å². The van der Waals surface area contributed by atoms with Crippen LogP contribution < -0.4 is 0 Å². The standard InChI is InChI=1S/C16H14ClN3O2/c1-20-14-4-3-12(7-13(14)19-16(20)9-21)18-8-10-6-11(17)2-5-15(10)22/h2-8,21-22H,9H2,1H3. The van der Waals surface area contributed by atoms with Crippen LogP contribution in [-0.4, -0.2) is 26.0 Å². The number of hydrogen-bond donors (Lipinski definition) is 2. The van der Waals surface area contributed by atoms with Gasteiger partial charge in [-0.15, -0.1) is 0 Å². The van der Waals surface area contributed by atoms with E-state index in [1.807, 2.05) is 29.8 Å². The predicted octanol–water partition coefficient (Wildman–Crippen LogP) is 3.18. The third-order valence-corrected chi connectivity index (χ3v) is 3.68. The lowest BCUT2D eigenvalue weighted by molar-refractivity contribution is 0.268. The lowest BCUT2D eigenvalue weighted by Crippen LogP contribution is -1.96. The number of aliphatic imine (C=N–C) groups is 1. The minimum absolute atomic E-state index is 0.111. The lowest BCUT2D eigenvalue weighted by atomic mass is 10.2. The third-order valence-electron chi connectivity index (χ3n) is 3.44. The van der Waals surface area contributed by atoms with Gasteiger partial charge in [-0.1, -0.05) is 11.6 Å². The largest absolute Gasteiger partial charge is 0.507 e. The monoisotopic (exact) mass is 315 g/mol. The smallest absolute Gasteiger partial charge is 0.135 e. The van der Waals surface area contributed by atoms with E-state index in [4.69, 9.17) is 11.6 Å². The molecule has 3 aromatic rings. The van der Waals surface area contributed by atoms with Crippen LogP contribution in [0.2, 0.25) is 5.02 Å². The summed E-state index contributed by atoms with van der Waals surface area (Å²) in [6.45, 7) is -0.111. The summed E-state index contributed by atoms with van der Waals surface area (Å²) in [6.07, 6.45) is 1.55. The number of halogens is 1. The number of hydrogen-bond acceptors (Lipinski definition) is 4. The average molecular weight is 316 g/mol. The molecule has 0 aliphatic rings. The molecule has 0 amide bonds. The Kier molecular flexibility index (Phi) is 3.83. The number of fused-ring (bicyclic) bond motifs is 1. The van der Waals surface area contributed by atoms with Crippen molar-refractivity contribution in [2.75, 3.05) is 0 Å². The summed E-state index contributed by atoms with van der Waals surface area (Å²) in [5.41, 5.74) is 2.93. The van der Waals surface area contributed by atoms with Crippen molar-refractivity contribution in [3.8, 4) is 5.75 Å². The van der Waals surface area contributed by atoms with Crippen LogP contribution in [0.5, 0.6) is 5.75 Å². The number of imidazole rings is 1. The van der Waals surface area contributed by atoms with Crippen molar-refractivity contribution < 1.29 is 10.2 Å². The number of aromatic hydroxyl groups is 1. The van der Waals surface area contributed by atoms with Gasteiger partial charge in [0.05, 0.1) is 16.7 Å². The highest BCUT2D eigenvalue weighted by atomic mass is 35.5. The number of phenolic OH excluding ortho intramolecular Hbond substituents is 1. The van der Waals surface area contributed by atoms with Crippen LogP contribution in [0.4, 0.5) is 5.69 Å². The molecule has 3 rings (SSSR count). The fraction of sp³-hybridized carbons (Fsp3) is 0.125. The summed E-state index contributed by atoms with van der Waals surface area (Å²) < 4.78 is 1.84. The topological polar surface area (TPSA) is 70.6 Å². The Bertz CT molecular complexity index is 871. The highest BCUT2D eigenvalue weighted by molar-refractivity contribution is 6.30. The van der Waals surface area contributed by atoms with Crippen LogP contribution in [0, 0.1) is 0 Å². The molecule has 0 unspecified atom stereocenters. The number of aromatic nitrogens is 2. The molecule has 5 nitrogen and oxygen atoms in total. The number of aryl methyl sites for hydroxylation is 1. The molecule has 22 heavy (non-hydrogen) atoms. The van der Waals surface area contributed by atoms with Crippen LogP contribution in [0.1, 0.15) is 11.4 Å². The number of nitrogens with zero attached hydrogens (tertiary/aromatic N) is 3. The predicted molar refractivity (Wildman–Crippen MR) is 87.0 cm³/mol. The molecule has 0 spiro atoms. The second-order valence-corrected chi connectivity index (χ2v) is 5.32. The first kappa shape index (κ1) is 14.6. The molecule has 0 atom stereocenters. The summed E-state index contributed by atoms with van der Waals surface area (Å²) in [6, 6.07) is 10.4. The Labute approximate surface area is 132 Å². The van der Waals surface area contributed by atoms with E-state index < -0.39 is 0 Å². The molecule has 0 fully saturated rings. The maximum Gasteiger partial charge on any atom is 0.135 e. The first-order valence-electron chi connectivity index (χ1n) is 6.67. The van der Waals surface area contributed by atoms with Crippen LogP contribution in [0.3, 0.4) is 0 Å². The first-order valence-corrected chi connectivity index (χ1v) is 7.05. The van der Waals surface area contributed by atoms with Crippen LogP contribution in [-0.2, 0) is 13.7 Å². The number of phenols is 1. The van der Waals surface area contributed by atoms with Gasteiger partial charge in [-0.2, -0.15) is 0 Å². The average Bonchev–Trinajstić information content (AvgIpc) is 2.84. The van der Waals surface area contributed by atoms with E-state index in [0.29, 0.717) is 22.1 Å². The number of benzene rings is 2. The molecule has 2 N–H and O–H groups in total. The van der Waals surface area contributed by atoms with Crippen molar-refractivity contribution in [2.45, 2.75) is 6.61 Å². The minimum Gasteiger partial charge on any atom is -0.507 e. The molecule has 112 valence electrons. The molecular formula is C16H14ClN3O2. The van der Waals surface area contributed by atoms with E-state index in [0.717, 1.165) is 11.0 Å². The normalized spacial score (nSPS) is 11.6. The molecule has 1 aromatic heterocycles. The SMILES string of the molecule is Cn1c(CO)nc2cc(N=Cc3cc(Cl)ccc3O)ccc21. The first-order chi connectivity index (χ1) is 10.6. The molecule has 6 heteroatoms. The molecule has 0 saturated heterocycles. The van der Waals surface area contributed by atoms with Crippen molar-refractivity contribution in [1.29, 1.82) is 0 Å². The lowest BCUT2D eigenvalue weighted by Gasteiger charge is -2.00. The number of aliphatic hydroxyl groups excluding tert-OH is 1. The Morgan fingerprint density at radius 1 is 1.27 bits per heavy atom. The van der Waals surface area contributed by atoms with Gasteiger partial charge in [0.25, 0.3) is 0 Å². The maximum atomic E-state index is 9.76. The number of aliphatic hydroxyl groups is 1. The van der Waals surface area contributed by atoms with Crippen molar-refractivity contribution in [3.05, 3.63) is 52.8 Å². The van der Waals surface area contributed by atoms with Crippen LogP contribution in [0.25, 0.3) is 11.0 Å². The second-order valence-electron chi connectivity index (χ2n) is 4.88. The summed E-state index contributed by atoms with van der Waals surface area (Å²) in [5, 5.41) is 19.5. The van der Waals surface area contributed by atoms with Gasteiger partial charge in [0.2, 0.25) is 0 Å². The van der Waals surface area contributed by atoms with Gasteiger partial charge in [0, 0.05) is 23.8 Å². The van der Waals surface area contributed by atoms with Gasteiger partial charge >= 0.3 is 0 Å². The van der Waals surface area contributed by atoms with E-state index >= 15 is 0 Å². The molecule has 1 heterocycles. The molecule has 0 saturated carbocycles. The van der Waals surface area contributed by atoms with Crippen molar-refractivity contribution in [3.63, 3.8) is 0 Å². The third kappa shape index (κ3) is 2.68. The van der Waals surface area contributed by atoms with Gasteiger partial charge < -0.3 is 14.8 Å². The summed E-state index contributed by atoms with van der Waals surface area (Å²) in [7, 11) is 1.85.